The van der Waals surface area contributed by atoms with E-state index in [9.17, 15) is 0 Å². The van der Waals surface area contributed by atoms with E-state index in [4.69, 9.17) is 0 Å². The smallest absolute Gasteiger partial charge is 0.0645 e. The van der Waals surface area contributed by atoms with Gasteiger partial charge in [0.05, 0.1) is 28.6 Å². The van der Waals surface area contributed by atoms with Gasteiger partial charge < -0.3 is 0 Å². The van der Waals surface area contributed by atoms with Crippen LogP contribution in [0.4, 0.5) is 0 Å². The van der Waals surface area contributed by atoms with Gasteiger partial charge in [-0.1, -0.05) is 109 Å². The van der Waals surface area contributed by atoms with Crippen molar-refractivity contribution in [3.63, 3.8) is 0 Å². The van der Waals surface area contributed by atoms with Crippen molar-refractivity contribution in [1.82, 2.24) is 0 Å². The van der Waals surface area contributed by atoms with Crippen molar-refractivity contribution >= 4 is 54.4 Å². The molecule has 3 aromatic rings. The van der Waals surface area contributed by atoms with Crippen LogP contribution in [0.15, 0.2) is 72.8 Å². The summed E-state index contributed by atoms with van der Waals surface area (Å²) in [5, 5.41) is 4.26. The highest BCUT2D eigenvalue weighted by Gasteiger charge is 2.29. The molecule has 0 amide bonds. The van der Waals surface area contributed by atoms with Crippen LogP contribution in [-0.2, 0) is 0 Å². The Labute approximate surface area is 168 Å². The first-order valence-electron chi connectivity index (χ1n) is 8.71. The lowest BCUT2D eigenvalue weighted by atomic mass is 10.2. The predicted molar refractivity (Wildman–Crippen MR) is 118 cm³/mol. The minimum absolute atomic E-state index is 0.0831. The molecule has 125 valence electrons. The highest BCUT2D eigenvalue weighted by molar-refractivity contribution is 7.01. The maximum absolute atomic E-state index is 4.25. The molecule has 0 aliphatic heterocycles. The first kappa shape index (κ1) is 19.3. The quantitative estimate of drug-likeness (QED) is 0.560. The number of hydrogen-bond acceptors (Lipinski definition) is 0. The fourth-order valence-corrected chi connectivity index (χ4v) is 9.60. The molecule has 0 aromatic heterocycles. The molecule has 0 aliphatic carbocycles. The molecule has 0 aliphatic rings. The molecule has 0 saturated heterocycles. The first-order valence-corrected chi connectivity index (χ1v) is 12.2. The third kappa shape index (κ3) is 5.51. The molecule has 26 heavy (non-hydrogen) atoms. The van der Waals surface area contributed by atoms with E-state index in [2.05, 4.69) is 104 Å². The molecule has 0 atom stereocenters. The lowest BCUT2D eigenvalue weighted by Gasteiger charge is -2.28. The van der Waals surface area contributed by atoms with Crippen LogP contribution >= 0.6 is 0 Å². The molecule has 3 rings (SSSR count). The predicted octanol–water partition coefficient (Wildman–Crippen LogP) is 2.20. The van der Waals surface area contributed by atoms with Crippen molar-refractivity contribution in [3.8, 4) is 0 Å². The van der Waals surface area contributed by atoms with Gasteiger partial charge in [0.1, 0.15) is 0 Å². The van der Waals surface area contributed by atoms with Gasteiger partial charge in [-0.05, 0) is 20.8 Å². The van der Waals surface area contributed by atoms with Gasteiger partial charge in [-0.15, -0.1) is 0 Å². The second-order valence-corrected chi connectivity index (χ2v) is 15.2. The zero-order valence-corrected chi connectivity index (χ0v) is 19.4. The van der Waals surface area contributed by atoms with Gasteiger partial charge in [0, 0.05) is 10.2 Å². The van der Waals surface area contributed by atoms with Crippen molar-refractivity contribution in [3.05, 3.63) is 89.5 Å². The molecule has 0 spiro atoms. The summed E-state index contributed by atoms with van der Waals surface area (Å²) in [6.45, 7) is 6.45. The minimum atomic E-state index is 0.0831. The number of hydrogen-bond donors (Lipinski definition) is 0. The van der Waals surface area contributed by atoms with E-state index in [0.717, 1.165) is 28.6 Å². The molecule has 0 nitrogen and oxygen atoms in total. The zero-order chi connectivity index (χ0) is 18.6. The lowest BCUT2D eigenvalue weighted by Crippen LogP contribution is -2.47. The van der Waals surface area contributed by atoms with Crippen LogP contribution < -0.4 is 15.6 Å². The molecule has 0 fully saturated rings. The number of rotatable bonds is 6. The van der Waals surface area contributed by atoms with Crippen LogP contribution in [0, 0.1) is 20.8 Å². The second kappa shape index (κ2) is 8.48. The summed E-state index contributed by atoms with van der Waals surface area (Å²) in [6.07, 6.45) is 0. The van der Waals surface area contributed by atoms with Gasteiger partial charge in [-0.25, -0.2) is 0 Å². The maximum Gasteiger partial charge on any atom is 0.0778 e. The highest BCUT2D eigenvalue weighted by Crippen LogP contribution is 2.16. The number of aryl methyl sites for hydroxylation is 3. The Bertz CT molecular complexity index is 721. The van der Waals surface area contributed by atoms with Gasteiger partial charge in [0.2, 0.25) is 0 Å². The van der Waals surface area contributed by atoms with Gasteiger partial charge in [0.15, 0.2) is 0 Å². The molecular formula is C22H21Si4. The van der Waals surface area contributed by atoms with Gasteiger partial charge in [-0.3, -0.25) is 0 Å². The van der Waals surface area contributed by atoms with E-state index in [1.165, 1.54) is 32.3 Å². The normalized spacial score (nSPS) is 11.5. The molecule has 3 aromatic carbocycles. The molecule has 0 heterocycles. The van der Waals surface area contributed by atoms with Crippen LogP contribution in [0.2, 0.25) is 3.91 Å². The second-order valence-electron chi connectivity index (χ2n) is 6.72. The van der Waals surface area contributed by atoms with Crippen molar-refractivity contribution in [2.45, 2.75) is 24.7 Å². The summed E-state index contributed by atoms with van der Waals surface area (Å²) in [6, 6.07) is 27.0. The monoisotopic (exact) mass is 397 g/mol. The van der Waals surface area contributed by atoms with Crippen molar-refractivity contribution in [2.75, 3.05) is 0 Å². The van der Waals surface area contributed by atoms with Gasteiger partial charge >= 0.3 is 0 Å². The van der Waals surface area contributed by atoms with E-state index >= 15 is 0 Å². The van der Waals surface area contributed by atoms with Gasteiger partial charge in [-0.2, -0.15) is 0 Å². The Morgan fingerprint density at radius 2 is 0.731 bits per heavy atom. The highest BCUT2D eigenvalue weighted by atomic mass is 28.4. The van der Waals surface area contributed by atoms with Crippen molar-refractivity contribution in [1.29, 1.82) is 0 Å². The van der Waals surface area contributed by atoms with Crippen molar-refractivity contribution in [2.24, 2.45) is 0 Å². The molecule has 0 saturated carbocycles. The Morgan fingerprint density at radius 3 is 0.962 bits per heavy atom. The molecule has 0 unspecified atom stereocenters. The van der Waals surface area contributed by atoms with Crippen LogP contribution in [-0.4, -0.2) is 38.8 Å². The van der Waals surface area contributed by atoms with Crippen molar-refractivity contribution < 1.29 is 0 Å². The summed E-state index contributed by atoms with van der Waals surface area (Å²) >= 11 is 0. The van der Waals surface area contributed by atoms with E-state index in [1.54, 1.807) is 0 Å². The van der Waals surface area contributed by atoms with Crippen LogP contribution in [0.5, 0.6) is 0 Å². The summed E-state index contributed by atoms with van der Waals surface area (Å²) in [5.74, 6) is 0. The summed E-state index contributed by atoms with van der Waals surface area (Å²) in [5.41, 5.74) is 3.96. The molecule has 0 bridgehead atoms. The SMILES string of the molecule is Cc1ccc([Si]C([Si])([Si]c2ccc(C)cc2)[Si]c2ccc(C)cc2)cc1. The third-order valence-corrected chi connectivity index (χ3v) is 10.5. The third-order valence-electron chi connectivity index (χ3n) is 4.15. The van der Waals surface area contributed by atoms with Crippen LogP contribution in [0.3, 0.4) is 0 Å². The van der Waals surface area contributed by atoms with E-state index in [-0.39, 0.29) is 3.91 Å². The number of benzene rings is 3. The van der Waals surface area contributed by atoms with E-state index in [1.807, 2.05) is 0 Å². The average Bonchev–Trinajstić information content (AvgIpc) is 2.61. The average molecular weight is 398 g/mol. The largest absolute Gasteiger partial charge is 0.0778 e. The molecule has 0 N–H and O–H groups in total. The molecule has 4 heteroatoms. The summed E-state index contributed by atoms with van der Waals surface area (Å²) < 4.78 is 0.0831. The van der Waals surface area contributed by atoms with E-state index in [0.29, 0.717) is 0 Å². The van der Waals surface area contributed by atoms with Crippen LogP contribution in [0.25, 0.3) is 0 Å². The fourth-order valence-electron chi connectivity index (χ4n) is 2.65. The summed E-state index contributed by atoms with van der Waals surface area (Å²) in [7, 11) is 6.44. The molecular weight excluding hydrogens is 377 g/mol. The fraction of sp³-hybridized carbons (Fsp3) is 0.182. The Kier molecular flexibility index (Phi) is 6.29. The lowest BCUT2D eigenvalue weighted by molar-refractivity contribution is 1.47. The maximum atomic E-state index is 4.25. The zero-order valence-electron chi connectivity index (χ0n) is 15.4. The minimum Gasteiger partial charge on any atom is -0.0645 e. The Morgan fingerprint density at radius 1 is 0.500 bits per heavy atom. The Hall–Kier alpha value is -1.47. The van der Waals surface area contributed by atoms with E-state index < -0.39 is 0 Å². The first-order chi connectivity index (χ1) is 12.4. The van der Waals surface area contributed by atoms with Gasteiger partial charge in [0.25, 0.3) is 0 Å². The summed E-state index contributed by atoms with van der Waals surface area (Å²) in [4.78, 5) is 0. The Balaban J connectivity index is 1.86. The molecule has 9 radical (unpaired) electrons. The van der Waals surface area contributed by atoms with Crippen LogP contribution in [0.1, 0.15) is 16.7 Å². The standard InChI is InChI=1S/C22H21Si4/c1-16-4-10-19(11-5-16)24-22(23,25-20-12-6-17(2)7-13-20)26-21-14-8-18(3)9-15-21/h4-15H,1-3H3. The topological polar surface area (TPSA) is 0 Å².